The number of benzene rings is 1. The molecule has 0 bridgehead atoms. The molecule has 2 aromatic heterocycles. The van der Waals surface area contributed by atoms with Gasteiger partial charge >= 0.3 is 5.97 Å². The van der Waals surface area contributed by atoms with Gasteiger partial charge in [0.25, 0.3) is 0 Å². The van der Waals surface area contributed by atoms with E-state index >= 15 is 0 Å². The number of fused-ring (bicyclic) bond motifs is 3. The standard InChI is InChI=1S/C13H12N2O3/c14-5-3-8-10-9(15-11(8)13(16)17)2-1-7-4-6-18-12(7)10/h1-2,4,6,15H,3,5,14H2,(H,16,17). The minimum absolute atomic E-state index is 0.194. The molecule has 2 heterocycles. The maximum Gasteiger partial charge on any atom is 0.352 e. The van der Waals surface area contributed by atoms with Crippen LogP contribution in [0.15, 0.2) is 28.9 Å². The highest BCUT2D eigenvalue weighted by Gasteiger charge is 2.19. The molecular formula is C13H12N2O3. The molecule has 0 unspecified atom stereocenters. The van der Waals surface area contributed by atoms with Crippen LogP contribution in [-0.2, 0) is 6.42 Å². The number of aromatic amines is 1. The van der Waals surface area contributed by atoms with Crippen molar-refractivity contribution < 1.29 is 14.3 Å². The molecule has 0 aliphatic carbocycles. The highest BCUT2D eigenvalue weighted by Crippen LogP contribution is 2.31. The van der Waals surface area contributed by atoms with Gasteiger partial charge in [-0.3, -0.25) is 0 Å². The van der Waals surface area contributed by atoms with Crippen LogP contribution >= 0.6 is 0 Å². The number of H-pyrrole nitrogens is 1. The van der Waals surface area contributed by atoms with Crippen LogP contribution in [0.3, 0.4) is 0 Å². The van der Waals surface area contributed by atoms with Crippen LogP contribution in [-0.4, -0.2) is 22.6 Å². The number of nitrogens with two attached hydrogens (primary N) is 1. The van der Waals surface area contributed by atoms with E-state index in [-0.39, 0.29) is 5.69 Å². The van der Waals surface area contributed by atoms with Crippen molar-refractivity contribution in [2.24, 2.45) is 5.73 Å². The highest BCUT2D eigenvalue weighted by molar-refractivity contribution is 6.09. The Kier molecular flexibility index (Phi) is 2.34. The molecular weight excluding hydrogens is 232 g/mol. The number of rotatable bonds is 3. The molecule has 0 saturated carbocycles. The smallest absolute Gasteiger partial charge is 0.352 e. The molecule has 3 rings (SSSR count). The van der Waals surface area contributed by atoms with E-state index in [4.69, 9.17) is 10.2 Å². The maximum atomic E-state index is 11.2. The Balaban J connectivity index is 2.44. The molecule has 0 aliphatic heterocycles. The fraction of sp³-hybridized carbons (Fsp3) is 0.154. The number of carboxylic acids is 1. The number of hydrogen-bond acceptors (Lipinski definition) is 3. The normalized spacial score (nSPS) is 11.4. The number of carboxylic acid groups (broad SMARTS) is 1. The topological polar surface area (TPSA) is 92.3 Å². The first kappa shape index (κ1) is 10.9. The quantitative estimate of drug-likeness (QED) is 0.658. The van der Waals surface area contributed by atoms with E-state index in [2.05, 4.69) is 4.98 Å². The number of carbonyl (C=O) groups is 1. The minimum Gasteiger partial charge on any atom is -0.477 e. The molecule has 5 nitrogen and oxygen atoms in total. The van der Waals surface area contributed by atoms with Gasteiger partial charge in [-0.15, -0.1) is 0 Å². The third-order valence-corrected chi connectivity index (χ3v) is 3.09. The van der Waals surface area contributed by atoms with E-state index in [0.29, 0.717) is 24.1 Å². The third-order valence-electron chi connectivity index (χ3n) is 3.09. The van der Waals surface area contributed by atoms with E-state index in [0.717, 1.165) is 16.3 Å². The highest BCUT2D eigenvalue weighted by atomic mass is 16.4. The predicted molar refractivity (Wildman–Crippen MR) is 67.8 cm³/mol. The Morgan fingerprint density at radius 3 is 2.94 bits per heavy atom. The monoisotopic (exact) mass is 244 g/mol. The summed E-state index contributed by atoms with van der Waals surface area (Å²) in [5, 5.41) is 11.0. The summed E-state index contributed by atoms with van der Waals surface area (Å²) < 4.78 is 5.46. The molecule has 1 aromatic carbocycles. The van der Waals surface area contributed by atoms with Crippen molar-refractivity contribution >= 4 is 27.8 Å². The fourth-order valence-corrected chi connectivity index (χ4v) is 2.35. The number of furan rings is 1. The summed E-state index contributed by atoms with van der Waals surface area (Å²) in [7, 11) is 0. The van der Waals surface area contributed by atoms with Crippen LogP contribution in [0.2, 0.25) is 0 Å². The molecule has 0 fully saturated rings. The number of hydrogen-bond donors (Lipinski definition) is 3. The van der Waals surface area contributed by atoms with Crippen LogP contribution < -0.4 is 5.73 Å². The molecule has 0 radical (unpaired) electrons. The lowest BCUT2D eigenvalue weighted by Crippen LogP contribution is -2.07. The van der Waals surface area contributed by atoms with Crippen molar-refractivity contribution in [3.8, 4) is 0 Å². The molecule has 0 amide bonds. The van der Waals surface area contributed by atoms with Gasteiger partial charge in [0.05, 0.1) is 11.8 Å². The van der Waals surface area contributed by atoms with Gasteiger partial charge < -0.3 is 20.2 Å². The van der Waals surface area contributed by atoms with Crippen molar-refractivity contribution in [3.63, 3.8) is 0 Å². The first-order valence-corrected chi connectivity index (χ1v) is 5.66. The Labute approximate surface area is 102 Å². The van der Waals surface area contributed by atoms with E-state index in [1.165, 1.54) is 0 Å². The summed E-state index contributed by atoms with van der Waals surface area (Å²) in [5.74, 6) is -0.977. The summed E-state index contributed by atoms with van der Waals surface area (Å²) in [6.07, 6.45) is 2.10. The van der Waals surface area contributed by atoms with Gasteiger partial charge in [-0.1, -0.05) is 0 Å². The summed E-state index contributed by atoms with van der Waals surface area (Å²) in [5.41, 5.74) is 7.93. The van der Waals surface area contributed by atoms with Crippen molar-refractivity contribution in [3.05, 3.63) is 35.7 Å². The Bertz CT molecular complexity index is 739. The average molecular weight is 244 g/mol. The van der Waals surface area contributed by atoms with E-state index in [1.807, 2.05) is 18.2 Å². The summed E-state index contributed by atoms with van der Waals surface area (Å²) in [6, 6.07) is 5.61. The second kappa shape index (κ2) is 3.89. The third kappa shape index (κ3) is 1.41. The molecule has 0 saturated heterocycles. The molecule has 0 spiro atoms. The van der Waals surface area contributed by atoms with Crippen molar-refractivity contribution in [2.75, 3.05) is 6.54 Å². The molecule has 18 heavy (non-hydrogen) atoms. The lowest BCUT2D eigenvalue weighted by molar-refractivity contribution is 0.0690. The number of nitrogens with one attached hydrogen (secondary N) is 1. The molecule has 0 aliphatic rings. The van der Waals surface area contributed by atoms with Crippen molar-refractivity contribution in [2.45, 2.75) is 6.42 Å². The molecule has 4 N–H and O–H groups in total. The zero-order chi connectivity index (χ0) is 12.7. The lowest BCUT2D eigenvalue weighted by Gasteiger charge is -1.99. The number of aromatic carboxylic acids is 1. The molecule has 3 aromatic rings. The largest absolute Gasteiger partial charge is 0.477 e. The van der Waals surface area contributed by atoms with E-state index < -0.39 is 5.97 Å². The Morgan fingerprint density at radius 2 is 2.22 bits per heavy atom. The SMILES string of the molecule is NCCc1c(C(=O)O)[nH]c2ccc3ccoc3c12. The van der Waals surface area contributed by atoms with Crippen LogP contribution in [0.4, 0.5) is 0 Å². The first-order valence-electron chi connectivity index (χ1n) is 5.66. The van der Waals surface area contributed by atoms with Gasteiger partial charge in [-0.05, 0) is 36.7 Å². The minimum atomic E-state index is -0.977. The Morgan fingerprint density at radius 1 is 1.39 bits per heavy atom. The summed E-state index contributed by atoms with van der Waals surface area (Å²) in [6.45, 7) is 0.393. The van der Waals surface area contributed by atoms with E-state index in [9.17, 15) is 9.90 Å². The van der Waals surface area contributed by atoms with Crippen molar-refractivity contribution in [1.82, 2.24) is 4.98 Å². The van der Waals surface area contributed by atoms with E-state index in [1.54, 1.807) is 6.26 Å². The van der Waals surface area contributed by atoms with Gasteiger partial charge in [0.2, 0.25) is 0 Å². The van der Waals surface area contributed by atoms with Gasteiger partial charge in [0.1, 0.15) is 11.3 Å². The molecule has 5 heteroatoms. The second-order valence-corrected chi connectivity index (χ2v) is 4.15. The van der Waals surface area contributed by atoms with Gasteiger partial charge in [0, 0.05) is 10.8 Å². The maximum absolute atomic E-state index is 11.2. The van der Waals surface area contributed by atoms with Crippen LogP contribution in [0.1, 0.15) is 16.1 Å². The summed E-state index contributed by atoms with van der Waals surface area (Å²) >= 11 is 0. The lowest BCUT2D eigenvalue weighted by atomic mass is 10.1. The van der Waals surface area contributed by atoms with Gasteiger partial charge in [0.15, 0.2) is 0 Å². The summed E-state index contributed by atoms with van der Waals surface area (Å²) in [4.78, 5) is 14.2. The van der Waals surface area contributed by atoms with Gasteiger partial charge in [-0.25, -0.2) is 4.79 Å². The predicted octanol–water partition coefficient (Wildman–Crippen LogP) is 2.11. The zero-order valence-electron chi connectivity index (χ0n) is 9.56. The van der Waals surface area contributed by atoms with Crippen LogP contribution in [0, 0.1) is 0 Å². The fourth-order valence-electron chi connectivity index (χ4n) is 2.35. The van der Waals surface area contributed by atoms with Crippen LogP contribution in [0.5, 0.6) is 0 Å². The zero-order valence-corrected chi connectivity index (χ0v) is 9.56. The van der Waals surface area contributed by atoms with Crippen LogP contribution in [0.25, 0.3) is 21.9 Å². The number of aromatic nitrogens is 1. The van der Waals surface area contributed by atoms with Gasteiger partial charge in [-0.2, -0.15) is 0 Å². The Hall–Kier alpha value is -2.27. The van der Waals surface area contributed by atoms with Crippen molar-refractivity contribution in [1.29, 1.82) is 0 Å². The first-order chi connectivity index (χ1) is 8.72. The molecule has 0 atom stereocenters. The second-order valence-electron chi connectivity index (χ2n) is 4.15. The molecule has 92 valence electrons. The average Bonchev–Trinajstić information content (AvgIpc) is 2.92.